The van der Waals surface area contributed by atoms with Gasteiger partial charge in [0.2, 0.25) is 0 Å². The van der Waals surface area contributed by atoms with Crippen LogP contribution in [-0.4, -0.2) is 6.18 Å². The van der Waals surface area contributed by atoms with E-state index >= 15 is 0 Å². The van der Waals surface area contributed by atoms with E-state index in [0.29, 0.717) is 0 Å². The highest BCUT2D eigenvalue weighted by Gasteiger charge is 2.55. The predicted octanol–water partition coefficient (Wildman–Crippen LogP) is 4.29. The van der Waals surface area contributed by atoms with Crippen LogP contribution in [-0.2, 0) is 0 Å². The first-order valence-electron chi connectivity index (χ1n) is 5.28. The van der Waals surface area contributed by atoms with Gasteiger partial charge in [0.1, 0.15) is 0 Å². The lowest BCUT2D eigenvalue weighted by molar-refractivity contribution is -0.149. The maximum Gasteiger partial charge on any atom is 0.392 e. The molecular weight excluding hydrogens is 213 g/mol. The summed E-state index contributed by atoms with van der Waals surface area (Å²) < 4.78 is 37.1. The van der Waals surface area contributed by atoms with E-state index in [2.05, 4.69) is 0 Å². The summed E-state index contributed by atoms with van der Waals surface area (Å²) >= 11 is 0. The molecule has 0 nitrogen and oxygen atoms in total. The number of halogens is 3. The van der Waals surface area contributed by atoms with Gasteiger partial charge in [-0.25, -0.2) is 0 Å². The number of rotatable bonds is 2. The number of benzene rings is 1. The van der Waals surface area contributed by atoms with E-state index in [1.165, 1.54) is 0 Å². The van der Waals surface area contributed by atoms with Crippen molar-refractivity contribution in [1.29, 1.82) is 0 Å². The molecule has 0 saturated heterocycles. The van der Waals surface area contributed by atoms with Gasteiger partial charge in [-0.1, -0.05) is 42.0 Å². The minimum absolute atomic E-state index is 0.249. The van der Waals surface area contributed by atoms with E-state index in [9.17, 15) is 13.2 Å². The van der Waals surface area contributed by atoms with E-state index in [1.807, 2.05) is 36.4 Å². The second kappa shape index (κ2) is 3.96. The fraction of sp³-hybridized carbons (Fsp3) is 0.385. The van der Waals surface area contributed by atoms with Crippen molar-refractivity contribution < 1.29 is 13.2 Å². The average Bonchev–Trinajstić information content (AvgIpc) is 2.97. The second-order valence-electron chi connectivity index (χ2n) is 4.29. The van der Waals surface area contributed by atoms with Gasteiger partial charge in [0.15, 0.2) is 0 Å². The lowest BCUT2D eigenvalue weighted by Crippen LogP contribution is -2.12. The third-order valence-corrected chi connectivity index (χ3v) is 2.99. The van der Waals surface area contributed by atoms with Crippen LogP contribution in [0.15, 0.2) is 35.9 Å². The van der Waals surface area contributed by atoms with E-state index in [-0.39, 0.29) is 12.3 Å². The third-order valence-electron chi connectivity index (χ3n) is 2.99. The molecule has 0 unspecified atom stereocenters. The number of allylic oxidation sites excluding steroid dienone is 1. The number of alkyl halides is 3. The molecule has 0 amide bonds. The van der Waals surface area contributed by atoms with Gasteiger partial charge >= 0.3 is 6.18 Å². The van der Waals surface area contributed by atoms with Crippen LogP contribution in [0.4, 0.5) is 13.2 Å². The van der Waals surface area contributed by atoms with Crippen LogP contribution in [0, 0.1) is 11.8 Å². The lowest BCUT2D eigenvalue weighted by atomic mass is 10.1. The van der Waals surface area contributed by atoms with Crippen LogP contribution in [0.25, 0.3) is 6.08 Å². The zero-order valence-corrected chi connectivity index (χ0v) is 8.96. The summed E-state index contributed by atoms with van der Waals surface area (Å²) in [5, 5.41) is 0. The first kappa shape index (κ1) is 11.2. The first-order chi connectivity index (χ1) is 7.48. The third kappa shape index (κ3) is 2.46. The Kier molecular flexibility index (Phi) is 2.78. The molecular formula is C13H13F3. The fourth-order valence-corrected chi connectivity index (χ4v) is 1.98. The molecule has 2 atom stereocenters. The number of hydrogen-bond donors (Lipinski definition) is 0. The fourth-order valence-electron chi connectivity index (χ4n) is 1.98. The molecule has 16 heavy (non-hydrogen) atoms. The molecule has 2 rings (SSSR count). The predicted molar refractivity (Wildman–Crippen MR) is 57.7 cm³/mol. The van der Waals surface area contributed by atoms with Crippen molar-refractivity contribution in [2.45, 2.75) is 19.5 Å². The molecule has 1 aliphatic rings. The quantitative estimate of drug-likeness (QED) is 0.705. The molecule has 1 aromatic rings. The molecule has 1 aromatic carbocycles. The second-order valence-corrected chi connectivity index (χ2v) is 4.29. The monoisotopic (exact) mass is 226 g/mol. The Bertz CT molecular complexity index is 389. The standard InChI is InChI=1S/C13H13F3/c1-9(7-10-5-3-2-4-6-10)11-8-12(11)13(14,15)16/h2-7,11-12H,8H2,1H3/b9-7+/t11-,12+/m0/s1. The highest BCUT2D eigenvalue weighted by molar-refractivity contribution is 5.53. The van der Waals surface area contributed by atoms with Gasteiger partial charge in [-0.15, -0.1) is 0 Å². The van der Waals surface area contributed by atoms with Crippen LogP contribution in [0.3, 0.4) is 0 Å². The molecule has 1 saturated carbocycles. The summed E-state index contributed by atoms with van der Waals surface area (Å²) in [6, 6.07) is 9.45. The summed E-state index contributed by atoms with van der Waals surface area (Å²) in [6.07, 6.45) is -1.94. The topological polar surface area (TPSA) is 0 Å². The largest absolute Gasteiger partial charge is 0.392 e. The highest BCUT2D eigenvalue weighted by atomic mass is 19.4. The van der Waals surface area contributed by atoms with Crippen molar-refractivity contribution in [3.8, 4) is 0 Å². The van der Waals surface area contributed by atoms with Crippen LogP contribution in [0.2, 0.25) is 0 Å². The zero-order valence-electron chi connectivity index (χ0n) is 8.96. The van der Waals surface area contributed by atoms with Gasteiger partial charge in [-0.2, -0.15) is 13.2 Å². The SMILES string of the molecule is C/C(=C\c1ccccc1)[C@@H]1C[C@H]1C(F)(F)F. The van der Waals surface area contributed by atoms with Crippen molar-refractivity contribution >= 4 is 6.08 Å². The minimum Gasteiger partial charge on any atom is -0.171 e. The van der Waals surface area contributed by atoms with Crippen molar-refractivity contribution in [2.24, 2.45) is 11.8 Å². The van der Waals surface area contributed by atoms with Crippen LogP contribution < -0.4 is 0 Å². The molecule has 0 spiro atoms. The van der Waals surface area contributed by atoms with Crippen LogP contribution in [0.5, 0.6) is 0 Å². The van der Waals surface area contributed by atoms with E-state index < -0.39 is 12.1 Å². The van der Waals surface area contributed by atoms with Gasteiger partial charge in [0.25, 0.3) is 0 Å². The summed E-state index contributed by atoms with van der Waals surface area (Å²) in [5.41, 5.74) is 1.79. The lowest BCUT2D eigenvalue weighted by Gasteiger charge is -2.05. The summed E-state index contributed by atoms with van der Waals surface area (Å²) in [5.74, 6) is -1.42. The Morgan fingerprint density at radius 2 is 1.88 bits per heavy atom. The molecule has 3 heteroatoms. The highest BCUT2D eigenvalue weighted by Crippen LogP contribution is 2.53. The zero-order chi connectivity index (χ0) is 11.8. The van der Waals surface area contributed by atoms with Gasteiger partial charge in [-0.05, 0) is 24.8 Å². The van der Waals surface area contributed by atoms with Crippen molar-refractivity contribution in [1.82, 2.24) is 0 Å². The van der Waals surface area contributed by atoms with Gasteiger partial charge in [-0.3, -0.25) is 0 Å². The average molecular weight is 226 g/mol. The Labute approximate surface area is 92.8 Å². The molecule has 1 fully saturated rings. The molecule has 0 radical (unpaired) electrons. The number of hydrogen-bond acceptors (Lipinski definition) is 0. The molecule has 0 N–H and O–H groups in total. The molecule has 86 valence electrons. The van der Waals surface area contributed by atoms with E-state index in [4.69, 9.17) is 0 Å². The maximum absolute atomic E-state index is 12.4. The Morgan fingerprint density at radius 3 is 2.38 bits per heavy atom. The summed E-state index contributed by atoms with van der Waals surface area (Å²) in [6.45, 7) is 1.78. The van der Waals surface area contributed by atoms with Crippen molar-refractivity contribution in [3.05, 3.63) is 41.5 Å². The van der Waals surface area contributed by atoms with Crippen LogP contribution >= 0.6 is 0 Å². The van der Waals surface area contributed by atoms with Crippen LogP contribution in [0.1, 0.15) is 18.9 Å². The van der Waals surface area contributed by atoms with Crippen molar-refractivity contribution in [3.63, 3.8) is 0 Å². The Morgan fingerprint density at radius 1 is 1.25 bits per heavy atom. The van der Waals surface area contributed by atoms with E-state index in [0.717, 1.165) is 11.1 Å². The first-order valence-corrected chi connectivity index (χ1v) is 5.28. The minimum atomic E-state index is -4.03. The van der Waals surface area contributed by atoms with Gasteiger partial charge < -0.3 is 0 Å². The molecule has 1 aliphatic carbocycles. The summed E-state index contributed by atoms with van der Waals surface area (Å²) in [7, 11) is 0. The molecule has 0 aromatic heterocycles. The summed E-state index contributed by atoms with van der Waals surface area (Å²) in [4.78, 5) is 0. The van der Waals surface area contributed by atoms with Gasteiger partial charge in [0, 0.05) is 0 Å². The Hall–Kier alpha value is -1.25. The Balaban J connectivity index is 2.06. The molecule has 0 bridgehead atoms. The smallest absolute Gasteiger partial charge is 0.171 e. The van der Waals surface area contributed by atoms with Crippen molar-refractivity contribution in [2.75, 3.05) is 0 Å². The normalized spacial score (nSPS) is 25.6. The van der Waals surface area contributed by atoms with E-state index in [1.54, 1.807) is 6.92 Å². The maximum atomic E-state index is 12.4. The molecule has 0 aliphatic heterocycles. The van der Waals surface area contributed by atoms with Gasteiger partial charge in [0.05, 0.1) is 5.92 Å². The molecule has 0 heterocycles.